The number of nitrogens with one attached hydrogen (secondary N) is 1. The van der Waals surface area contributed by atoms with Gasteiger partial charge in [-0.3, -0.25) is 0 Å². The molecule has 0 radical (unpaired) electrons. The number of nitrogens with zero attached hydrogens (tertiary/aromatic N) is 2. The number of benzene rings is 2. The van der Waals surface area contributed by atoms with Gasteiger partial charge in [0.1, 0.15) is 11.6 Å². The number of anilines is 2. The summed E-state index contributed by atoms with van der Waals surface area (Å²) in [5.74, 6) is 1.46. The van der Waals surface area contributed by atoms with E-state index in [2.05, 4.69) is 15.3 Å². The number of aromatic nitrogens is 2. The van der Waals surface area contributed by atoms with Crippen molar-refractivity contribution in [1.29, 1.82) is 0 Å². The van der Waals surface area contributed by atoms with Crippen molar-refractivity contribution in [2.24, 2.45) is 0 Å². The van der Waals surface area contributed by atoms with Crippen LogP contribution in [0.1, 0.15) is 0 Å². The van der Waals surface area contributed by atoms with Crippen molar-refractivity contribution in [3.63, 3.8) is 0 Å². The zero-order valence-corrected chi connectivity index (χ0v) is 12.0. The van der Waals surface area contributed by atoms with Gasteiger partial charge in [-0.1, -0.05) is 12.1 Å². The first-order valence-electron chi connectivity index (χ1n) is 7.13. The van der Waals surface area contributed by atoms with E-state index >= 15 is 0 Å². The van der Waals surface area contributed by atoms with E-state index in [1.165, 1.54) is 12.1 Å². The lowest BCUT2D eigenvalue weighted by molar-refractivity contribution is 0.577. The number of fused-ring (bicyclic) bond motifs is 1. The van der Waals surface area contributed by atoms with Crippen molar-refractivity contribution >= 4 is 22.4 Å². The second-order valence-electron chi connectivity index (χ2n) is 5.02. The summed E-state index contributed by atoms with van der Waals surface area (Å²) >= 11 is 0. The molecule has 4 rings (SSSR count). The molecular weight excluding hydrogens is 293 g/mol. The third-order valence-electron chi connectivity index (χ3n) is 3.45. The van der Waals surface area contributed by atoms with Crippen LogP contribution in [-0.4, -0.2) is 9.97 Å². The highest BCUT2D eigenvalue weighted by Crippen LogP contribution is 2.27. The lowest BCUT2D eigenvalue weighted by Gasteiger charge is -2.10. The van der Waals surface area contributed by atoms with Gasteiger partial charge in [0.25, 0.3) is 0 Å². The Morgan fingerprint density at radius 3 is 2.48 bits per heavy atom. The molecule has 2 aromatic carbocycles. The van der Waals surface area contributed by atoms with Crippen LogP contribution in [0.3, 0.4) is 0 Å². The zero-order valence-electron chi connectivity index (χ0n) is 12.0. The standard InChI is InChI=1S/C18H12FN3O/c19-12-7-9-13(10-8-12)20-17-14-4-1-2-5-15(14)21-18(22-17)16-6-3-11-23-16/h1-11H,(H,20,21,22). The molecule has 0 amide bonds. The van der Waals surface area contributed by atoms with Crippen LogP contribution in [0.2, 0.25) is 0 Å². The lowest BCUT2D eigenvalue weighted by atomic mass is 10.2. The number of furan rings is 1. The molecule has 4 nitrogen and oxygen atoms in total. The monoisotopic (exact) mass is 305 g/mol. The van der Waals surface area contributed by atoms with Gasteiger partial charge in [0, 0.05) is 11.1 Å². The van der Waals surface area contributed by atoms with E-state index in [4.69, 9.17) is 4.42 Å². The summed E-state index contributed by atoms with van der Waals surface area (Å²) in [6.07, 6.45) is 1.58. The van der Waals surface area contributed by atoms with Gasteiger partial charge >= 0.3 is 0 Å². The molecule has 2 heterocycles. The number of rotatable bonds is 3. The Labute approximate surface area is 131 Å². The summed E-state index contributed by atoms with van der Waals surface area (Å²) in [7, 11) is 0. The molecule has 0 aliphatic carbocycles. The minimum absolute atomic E-state index is 0.278. The Morgan fingerprint density at radius 2 is 1.70 bits per heavy atom. The maximum atomic E-state index is 13.1. The Balaban J connectivity index is 1.84. The van der Waals surface area contributed by atoms with E-state index in [1.807, 2.05) is 30.3 Å². The smallest absolute Gasteiger partial charge is 0.198 e. The molecule has 23 heavy (non-hydrogen) atoms. The molecule has 0 bridgehead atoms. The van der Waals surface area contributed by atoms with Crippen molar-refractivity contribution in [3.8, 4) is 11.6 Å². The summed E-state index contributed by atoms with van der Waals surface area (Å²) in [6, 6.07) is 17.4. The highest BCUT2D eigenvalue weighted by atomic mass is 19.1. The zero-order chi connectivity index (χ0) is 15.6. The first-order valence-corrected chi connectivity index (χ1v) is 7.13. The minimum atomic E-state index is -0.278. The normalized spacial score (nSPS) is 10.8. The van der Waals surface area contributed by atoms with Crippen LogP contribution in [0.5, 0.6) is 0 Å². The van der Waals surface area contributed by atoms with Gasteiger partial charge in [-0.2, -0.15) is 0 Å². The third-order valence-corrected chi connectivity index (χ3v) is 3.45. The minimum Gasteiger partial charge on any atom is -0.461 e. The first-order chi connectivity index (χ1) is 11.3. The number of para-hydroxylation sites is 1. The molecule has 0 saturated carbocycles. The van der Waals surface area contributed by atoms with Gasteiger partial charge in [0.05, 0.1) is 11.8 Å². The quantitative estimate of drug-likeness (QED) is 0.592. The molecule has 2 aromatic heterocycles. The topological polar surface area (TPSA) is 51.0 Å². The van der Waals surface area contributed by atoms with Crippen LogP contribution >= 0.6 is 0 Å². The highest BCUT2D eigenvalue weighted by Gasteiger charge is 2.11. The Bertz CT molecular complexity index is 950. The van der Waals surface area contributed by atoms with Crippen molar-refractivity contribution in [2.75, 3.05) is 5.32 Å². The average molecular weight is 305 g/mol. The van der Waals surface area contributed by atoms with Crippen LogP contribution in [0, 0.1) is 5.82 Å². The average Bonchev–Trinajstić information content (AvgIpc) is 3.11. The van der Waals surface area contributed by atoms with Gasteiger partial charge < -0.3 is 9.73 Å². The molecule has 4 aromatic rings. The third kappa shape index (κ3) is 2.64. The number of halogens is 1. The van der Waals surface area contributed by atoms with Crippen molar-refractivity contribution in [2.45, 2.75) is 0 Å². The van der Waals surface area contributed by atoms with E-state index in [0.717, 1.165) is 16.6 Å². The Kier molecular flexibility index (Phi) is 3.24. The van der Waals surface area contributed by atoms with Crippen LogP contribution < -0.4 is 5.32 Å². The second-order valence-corrected chi connectivity index (χ2v) is 5.02. The maximum absolute atomic E-state index is 13.1. The predicted molar refractivity (Wildman–Crippen MR) is 86.9 cm³/mol. The van der Waals surface area contributed by atoms with E-state index in [0.29, 0.717) is 17.4 Å². The van der Waals surface area contributed by atoms with Gasteiger partial charge in [-0.15, -0.1) is 0 Å². The molecule has 0 saturated heterocycles. The van der Waals surface area contributed by atoms with Gasteiger partial charge in [0.15, 0.2) is 11.6 Å². The summed E-state index contributed by atoms with van der Waals surface area (Å²) in [4.78, 5) is 9.08. The van der Waals surface area contributed by atoms with Crippen molar-refractivity contribution < 1.29 is 8.81 Å². The fourth-order valence-corrected chi connectivity index (χ4v) is 2.36. The fourth-order valence-electron chi connectivity index (χ4n) is 2.36. The van der Waals surface area contributed by atoms with Crippen LogP contribution in [-0.2, 0) is 0 Å². The summed E-state index contributed by atoms with van der Waals surface area (Å²) in [6.45, 7) is 0. The van der Waals surface area contributed by atoms with E-state index in [-0.39, 0.29) is 5.82 Å². The molecule has 5 heteroatoms. The molecule has 0 spiro atoms. The predicted octanol–water partition coefficient (Wildman–Crippen LogP) is 4.77. The lowest BCUT2D eigenvalue weighted by Crippen LogP contribution is -1.99. The summed E-state index contributed by atoms with van der Waals surface area (Å²) in [5.41, 5.74) is 1.55. The number of hydrogen-bond acceptors (Lipinski definition) is 4. The molecule has 1 N–H and O–H groups in total. The Hall–Kier alpha value is -3.21. The largest absolute Gasteiger partial charge is 0.461 e. The second kappa shape index (κ2) is 5.53. The van der Waals surface area contributed by atoms with Gasteiger partial charge in [-0.25, -0.2) is 14.4 Å². The molecule has 112 valence electrons. The van der Waals surface area contributed by atoms with Gasteiger partial charge in [0.2, 0.25) is 0 Å². The van der Waals surface area contributed by atoms with E-state index < -0.39 is 0 Å². The molecule has 0 unspecified atom stereocenters. The van der Waals surface area contributed by atoms with Crippen molar-refractivity contribution in [1.82, 2.24) is 9.97 Å². The van der Waals surface area contributed by atoms with Crippen molar-refractivity contribution in [3.05, 3.63) is 72.7 Å². The SMILES string of the molecule is Fc1ccc(Nc2nc(-c3ccco3)nc3ccccc23)cc1. The molecule has 0 atom stereocenters. The summed E-state index contributed by atoms with van der Waals surface area (Å²) < 4.78 is 18.4. The fraction of sp³-hybridized carbons (Fsp3) is 0. The molecule has 0 aliphatic heterocycles. The molecule has 0 aliphatic rings. The van der Waals surface area contributed by atoms with E-state index in [1.54, 1.807) is 24.5 Å². The van der Waals surface area contributed by atoms with Crippen LogP contribution in [0.25, 0.3) is 22.5 Å². The number of hydrogen-bond donors (Lipinski definition) is 1. The molecular formula is C18H12FN3O. The first kappa shape index (κ1) is 13.5. The van der Waals surface area contributed by atoms with Crippen LogP contribution in [0.4, 0.5) is 15.9 Å². The highest BCUT2D eigenvalue weighted by molar-refractivity contribution is 5.91. The Morgan fingerprint density at radius 1 is 0.870 bits per heavy atom. The molecule has 0 fully saturated rings. The summed E-state index contributed by atoms with van der Waals surface area (Å²) in [5, 5.41) is 4.10. The van der Waals surface area contributed by atoms with Gasteiger partial charge in [-0.05, 0) is 48.5 Å². The maximum Gasteiger partial charge on any atom is 0.198 e. The van der Waals surface area contributed by atoms with Crippen LogP contribution in [0.15, 0.2) is 71.3 Å². The van der Waals surface area contributed by atoms with E-state index in [9.17, 15) is 4.39 Å².